The van der Waals surface area contributed by atoms with Gasteiger partial charge >= 0.3 is 6.03 Å². The van der Waals surface area contributed by atoms with Gasteiger partial charge in [-0.25, -0.2) is 19.7 Å². The SMILES string of the molecule is Cc1ccc(NC(=O)Nc2ccc(Oc3cc(-n4ccnc4C)ncn3)cc2)c(C)c1. The van der Waals surface area contributed by atoms with Crippen LogP contribution in [0.1, 0.15) is 17.0 Å². The molecule has 0 aliphatic rings. The molecular weight excluding hydrogens is 392 g/mol. The Morgan fingerprint density at radius 1 is 0.935 bits per heavy atom. The summed E-state index contributed by atoms with van der Waals surface area (Å²) >= 11 is 0. The van der Waals surface area contributed by atoms with Gasteiger partial charge in [0, 0.05) is 29.8 Å². The number of urea groups is 1. The van der Waals surface area contributed by atoms with Crippen LogP contribution in [0.3, 0.4) is 0 Å². The van der Waals surface area contributed by atoms with Crippen molar-refractivity contribution in [3.8, 4) is 17.4 Å². The van der Waals surface area contributed by atoms with E-state index in [0.29, 0.717) is 23.1 Å². The molecule has 2 N–H and O–H groups in total. The molecule has 156 valence electrons. The second-order valence-electron chi connectivity index (χ2n) is 7.08. The van der Waals surface area contributed by atoms with E-state index in [1.807, 2.05) is 49.7 Å². The van der Waals surface area contributed by atoms with Gasteiger partial charge < -0.3 is 15.4 Å². The first kappa shape index (κ1) is 20.1. The molecule has 0 bridgehead atoms. The maximum atomic E-state index is 12.3. The van der Waals surface area contributed by atoms with E-state index in [9.17, 15) is 4.79 Å². The van der Waals surface area contributed by atoms with E-state index in [4.69, 9.17) is 4.74 Å². The lowest BCUT2D eigenvalue weighted by Gasteiger charge is -2.11. The molecule has 0 unspecified atom stereocenters. The van der Waals surface area contributed by atoms with E-state index in [2.05, 4.69) is 25.6 Å². The summed E-state index contributed by atoms with van der Waals surface area (Å²) in [4.78, 5) is 24.9. The molecule has 8 heteroatoms. The van der Waals surface area contributed by atoms with E-state index >= 15 is 0 Å². The molecule has 2 aromatic heterocycles. The average Bonchev–Trinajstić information content (AvgIpc) is 3.18. The molecule has 0 saturated heterocycles. The molecule has 4 aromatic rings. The maximum absolute atomic E-state index is 12.3. The predicted octanol–water partition coefficient (Wildman–Crippen LogP) is 5.02. The zero-order valence-electron chi connectivity index (χ0n) is 17.5. The number of hydrogen-bond acceptors (Lipinski definition) is 5. The summed E-state index contributed by atoms with van der Waals surface area (Å²) in [6.45, 7) is 5.87. The molecule has 0 aliphatic heterocycles. The minimum absolute atomic E-state index is 0.309. The van der Waals surface area contributed by atoms with Gasteiger partial charge in [0.15, 0.2) is 0 Å². The summed E-state index contributed by atoms with van der Waals surface area (Å²) in [5.74, 6) is 2.49. The van der Waals surface area contributed by atoms with Crippen LogP contribution in [-0.2, 0) is 0 Å². The van der Waals surface area contributed by atoms with Gasteiger partial charge in [-0.1, -0.05) is 17.7 Å². The zero-order valence-corrected chi connectivity index (χ0v) is 17.5. The van der Waals surface area contributed by atoms with Gasteiger partial charge in [-0.3, -0.25) is 4.57 Å². The quantitative estimate of drug-likeness (QED) is 0.478. The number of carbonyl (C=O) groups is 1. The zero-order chi connectivity index (χ0) is 21.8. The Hall–Kier alpha value is -4.20. The summed E-state index contributed by atoms with van der Waals surface area (Å²) in [6.07, 6.45) is 4.97. The van der Waals surface area contributed by atoms with E-state index in [-0.39, 0.29) is 6.03 Å². The van der Waals surface area contributed by atoms with Crippen molar-refractivity contribution in [3.63, 3.8) is 0 Å². The van der Waals surface area contributed by atoms with Crippen molar-refractivity contribution in [1.82, 2.24) is 19.5 Å². The third kappa shape index (κ3) is 4.87. The monoisotopic (exact) mass is 414 g/mol. The summed E-state index contributed by atoms with van der Waals surface area (Å²) in [5.41, 5.74) is 3.58. The fourth-order valence-electron chi connectivity index (χ4n) is 3.10. The summed E-state index contributed by atoms with van der Waals surface area (Å²) < 4.78 is 7.67. The van der Waals surface area contributed by atoms with Crippen LogP contribution in [0, 0.1) is 20.8 Å². The first-order valence-corrected chi connectivity index (χ1v) is 9.73. The van der Waals surface area contributed by atoms with Crippen molar-refractivity contribution in [2.24, 2.45) is 0 Å². The topological polar surface area (TPSA) is 94.0 Å². The summed E-state index contributed by atoms with van der Waals surface area (Å²) in [7, 11) is 0. The number of carbonyl (C=O) groups excluding carboxylic acids is 1. The van der Waals surface area contributed by atoms with Gasteiger partial charge in [0.05, 0.1) is 0 Å². The van der Waals surface area contributed by atoms with Gasteiger partial charge in [-0.05, 0) is 56.7 Å². The van der Waals surface area contributed by atoms with Crippen LogP contribution in [0.15, 0.2) is 67.3 Å². The van der Waals surface area contributed by atoms with E-state index in [0.717, 1.165) is 22.6 Å². The Kier molecular flexibility index (Phi) is 5.61. The van der Waals surface area contributed by atoms with Crippen LogP contribution in [-0.4, -0.2) is 25.6 Å². The fraction of sp³-hybridized carbons (Fsp3) is 0.130. The van der Waals surface area contributed by atoms with Crippen molar-refractivity contribution in [2.45, 2.75) is 20.8 Å². The van der Waals surface area contributed by atoms with Gasteiger partial charge in [0.1, 0.15) is 23.7 Å². The molecule has 0 fully saturated rings. The third-order valence-corrected chi connectivity index (χ3v) is 4.66. The molecule has 2 heterocycles. The van der Waals surface area contributed by atoms with E-state index in [1.54, 1.807) is 36.5 Å². The minimum atomic E-state index is -0.309. The highest BCUT2D eigenvalue weighted by Gasteiger charge is 2.08. The number of imidazole rings is 1. The van der Waals surface area contributed by atoms with Crippen LogP contribution in [0.4, 0.5) is 16.2 Å². The van der Waals surface area contributed by atoms with E-state index in [1.165, 1.54) is 6.33 Å². The Bertz CT molecular complexity index is 1220. The molecule has 8 nitrogen and oxygen atoms in total. The molecule has 31 heavy (non-hydrogen) atoms. The number of anilines is 2. The standard InChI is InChI=1S/C23H22N6O2/c1-15-4-9-20(16(2)12-15)28-23(30)27-18-5-7-19(8-6-18)31-22-13-21(25-14-26-22)29-11-10-24-17(29)3/h4-14H,1-3H3,(H2,27,28,30). The smallest absolute Gasteiger partial charge is 0.323 e. The summed E-state index contributed by atoms with van der Waals surface area (Å²) in [6, 6.07) is 14.3. The van der Waals surface area contributed by atoms with Crippen molar-refractivity contribution in [1.29, 1.82) is 0 Å². The van der Waals surface area contributed by atoms with Gasteiger partial charge in [-0.2, -0.15) is 0 Å². The lowest BCUT2D eigenvalue weighted by atomic mass is 10.1. The second kappa shape index (κ2) is 8.66. The number of ether oxygens (including phenoxy) is 1. The van der Waals surface area contributed by atoms with Gasteiger partial charge in [0.2, 0.25) is 5.88 Å². The molecule has 0 radical (unpaired) electrons. The number of nitrogens with one attached hydrogen (secondary N) is 2. The number of aromatic nitrogens is 4. The van der Waals surface area contributed by atoms with Gasteiger partial charge in [-0.15, -0.1) is 0 Å². The Balaban J connectivity index is 1.39. The summed E-state index contributed by atoms with van der Waals surface area (Å²) in [5, 5.41) is 5.67. The number of rotatable bonds is 5. The predicted molar refractivity (Wildman–Crippen MR) is 119 cm³/mol. The van der Waals surface area contributed by atoms with Crippen LogP contribution in [0.2, 0.25) is 0 Å². The second-order valence-corrected chi connectivity index (χ2v) is 7.08. The lowest BCUT2D eigenvalue weighted by Crippen LogP contribution is -2.19. The average molecular weight is 414 g/mol. The molecule has 2 amide bonds. The van der Waals surface area contributed by atoms with Crippen LogP contribution >= 0.6 is 0 Å². The number of hydrogen-bond donors (Lipinski definition) is 2. The highest BCUT2D eigenvalue weighted by molar-refractivity contribution is 6.00. The molecule has 2 aromatic carbocycles. The van der Waals surface area contributed by atoms with Crippen LogP contribution in [0.25, 0.3) is 5.82 Å². The first-order chi connectivity index (χ1) is 15.0. The largest absolute Gasteiger partial charge is 0.439 e. The molecule has 0 saturated carbocycles. The van der Waals surface area contributed by atoms with Crippen molar-refractivity contribution < 1.29 is 9.53 Å². The third-order valence-electron chi connectivity index (χ3n) is 4.66. The van der Waals surface area contributed by atoms with E-state index < -0.39 is 0 Å². The molecule has 0 aliphatic carbocycles. The molecule has 0 atom stereocenters. The van der Waals surface area contributed by atoms with Crippen molar-refractivity contribution in [3.05, 3.63) is 84.2 Å². The molecule has 0 spiro atoms. The van der Waals surface area contributed by atoms with Crippen LogP contribution < -0.4 is 15.4 Å². The minimum Gasteiger partial charge on any atom is -0.439 e. The van der Waals surface area contributed by atoms with Gasteiger partial charge in [0.25, 0.3) is 0 Å². The van der Waals surface area contributed by atoms with Crippen molar-refractivity contribution in [2.75, 3.05) is 10.6 Å². The Morgan fingerprint density at radius 2 is 1.74 bits per heavy atom. The Morgan fingerprint density at radius 3 is 2.45 bits per heavy atom. The maximum Gasteiger partial charge on any atom is 0.323 e. The number of benzene rings is 2. The highest BCUT2D eigenvalue weighted by Crippen LogP contribution is 2.23. The normalized spacial score (nSPS) is 10.5. The number of nitrogens with zero attached hydrogens (tertiary/aromatic N) is 4. The fourth-order valence-corrected chi connectivity index (χ4v) is 3.10. The number of aryl methyl sites for hydroxylation is 3. The number of amides is 2. The van der Waals surface area contributed by atoms with Crippen LogP contribution in [0.5, 0.6) is 11.6 Å². The molecular formula is C23H22N6O2. The highest BCUT2D eigenvalue weighted by atomic mass is 16.5. The van der Waals surface area contributed by atoms with Crippen molar-refractivity contribution >= 4 is 17.4 Å². The first-order valence-electron chi connectivity index (χ1n) is 9.73. The lowest BCUT2D eigenvalue weighted by molar-refractivity contribution is 0.262. The Labute approximate surface area is 180 Å². The molecule has 4 rings (SSSR count).